The van der Waals surface area contributed by atoms with E-state index < -0.39 is 0 Å². The summed E-state index contributed by atoms with van der Waals surface area (Å²) in [5, 5.41) is 8.55. The zero-order chi connectivity index (χ0) is 13.2. The number of halogens is 1. The fourth-order valence-electron chi connectivity index (χ4n) is 1.89. The minimum Gasteiger partial charge on any atom is -0.259 e. The number of nitrogens with one attached hydrogen (secondary N) is 1. The van der Waals surface area contributed by atoms with Crippen molar-refractivity contribution < 1.29 is 0 Å². The maximum Gasteiger partial charge on any atom is 0.167 e. The van der Waals surface area contributed by atoms with Crippen molar-refractivity contribution in [3.63, 3.8) is 0 Å². The Balaban J connectivity index is 1.95. The molecule has 0 spiro atoms. The summed E-state index contributed by atoms with van der Waals surface area (Å²) in [6.07, 6.45) is 2.27. The Labute approximate surface area is 119 Å². The highest BCUT2D eigenvalue weighted by Crippen LogP contribution is 2.28. The predicted molar refractivity (Wildman–Crippen MR) is 76.5 cm³/mol. The molecule has 1 aromatic carbocycles. The number of nitrogens with zero attached hydrogens (tertiary/aromatic N) is 3. The van der Waals surface area contributed by atoms with Crippen molar-refractivity contribution in [2.45, 2.75) is 13.3 Å². The summed E-state index contributed by atoms with van der Waals surface area (Å²) in [6.45, 7) is 2.00. The first kappa shape index (κ1) is 12.3. The lowest BCUT2D eigenvalue weighted by molar-refractivity contribution is 1.06. The van der Waals surface area contributed by atoms with Gasteiger partial charge in [-0.3, -0.25) is 5.10 Å². The predicted octanol–water partition coefficient (Wildman–Crippen LogP) is 3.48. The molecule has 0 bridgehead atoms. The summed E-state index contributed by atoms with van der Waals surface area (Å²) in [5.74, 6) is 0.773. The Morgan fingerprint density at radius 1 is 1.26 bits per heavy atom. The normalized spacial score (nSPS) is 10.8. The van der Waals surface area contributed by atoms with Crippen molar-refractivity contribution in [3.05, 3.63) is 51.9 Å². The van der Waals surface area contributed by atoms with E-state index in [-0.39, 0.29) is 0 Å². The fourth-order valence-corrected chi connectivity index (χ4v) is 2.89. The smallest absolute Gasteiger partial charge is 0.167 e. The summed E-state index contributed by atoms with van der Waals surface area (Å²) >= 11 is 7.52. The second-order valence-corrected chi connectivity index (χ2v) is 5.79. The molecular weight excluding hydrogens is 280 g/mol. The van der Waals surface area contributed by atoms with Crippen LogP contribution in [0.4, 0.5) is 0 Å². The Bertz CT molecular complexity index is 673. The SMILES string of the molecule is Cc1nc(Cc2ccc(Cl)cc2)c(-c2ncn[nH]2)s1. The van der Waals surface area contributed by atoms with Gasteiger partial charge >= 0.3 is 0 Å². The molecule has 0 fully saturated rings. The van der Waals surface area contributed by atoms with Crippen molar-refractivity contribution in [1.29, 1.82) is 0 Å². The maximum absolute atomic E-state index is 5.89. The number of aryl methyl sites for hydroxylation is 1. The number of benzene rings is 1. The van der Waals surface area contributed by atoms with Crippen molar-refractivity contribution in [3.8, 4) is 10.7 Å². The van der Waals surface area contributed by atoms with Crippen LogP contribution in [-0.4, -0.2) is 20.2 Å². The van der Waals surface area contributed by atoms with Crippen LogP contribution in [0.15, 0.2) is 30.6 Å². The average molecular weight is 291 g/mol. The highest BCUT2D eigenvalue weighted by Gasteiger charge is 2.13. The van der Waals surface area contributed by atoms with E-state index >= 15 is 0 Å². The third-order valence-corrected chi connectivity index (χ3v) is 3.99. The van der Waals surface area contributed by atoms with E-state index in [2.05, 4.69) is 20.2 Å². The lowest BCUT2D eigenvalue weighted by atomic mass is 10.1. The number of rotatable bonds is 3. The molecular formula is C13H11ClN4S. The van der Waals surface area contributed by atoms with Gasteiger partial charge < -0.3 is 0 Å². The molecule has 0 aliphatic rings. The Kier molecular flexibility index (Phi) is 3.31. The van der Waals surface area contributed by atoms with E-state index in [1.807, 2.05) is 31.2 Å². The van der Waals surface area contributed by atoms with Gasteiger partial charge in [0.2, 0.25) is 0 Å². The average Bonchev–Trinajstić information content (AvgIpc) is 3.01. The van der Waals surface area contributed by atoms with Crippen LogP contribution in [0.5, 0.6) is 0 Å². The van der Waals surface area contributed by atoms with Crippen LogP contribution >= 0.6 is 22.9 Å². The third kappa shape index (κ3) is 2.67. The quantitative estimate of drug-likeness (QED) is 0.803. The molecule has 1 N–H and O–H groups in total. The van der Waals surface area contributed by atoms with E-state index in [1.54, 1.807) is 11.3 Å². The number of H-pyrrole nitrogens is 1. The molecule has 0 unspecified atom stereocenters. The van der Waals surface area contributed by atoms with Crippen LogP contribution in [0.1, 0.15) is 16.3 Å². The highest BCUT2D eigenvalue weighted by molar-refractivity contribution is 7.15. The summed E-state index contributed by atoms with van der Waals surface area (Å²) < 4.78 is 0. The second-order valence-electron chi connectivity index (χ2n) is 4.15. The standard InChI is InChI=1S/C13H11ClN4S/c1-8-17-11(6-9-2-4-10(14)5-3-9)12(19-8)13-15-7-16-18-13/h2-5,7H,6H2,1H3,(H,15,16,18). The Morgan fingerprint density at radius 3 is 2.74 bits per heavy atom. The zero-order valence-electron chi connectivity index (χ0n) is 10.2. The molecule has 96 valence electrons. The van der Waals surface area contributed by atoms with Crippen LogP contribution in [0.3, 0.4) is 0 Å². The molecule has 0 saturated heterocycles. The van der Waals surface area contributed by atoms with Gasteiger partial charge in [-0.25, -0.2) is 9.97 Å². The molecule has 2 heterocycles. The summed E-state index contributed by atoms with van der Waals surface area (Å²) in [5.41, 5.74) is 2.19. The van der Waals surface area contributed by atoms with Crippen LogP contribution in [0, 0.1) is 6.92 Å². The molecule has 4 nitrogen and oxygen atoms in total. The molecule has 6 heteroatoms. The van der Waals surface area contributed by atoms with E-state index in [0.29, 0.717) is 0 Å². The molecule has 0 aliphatic carbocycles. The van der Waals surface area contributed by atoms with Gasteiger partial charge in [0.15, 0.2) is 5.82 Å². The number of thiazole rings is 1. The molecule has 0 amide bonds. The molecule has 0 radical (unpaired) electrons. The van der Waals surface area contributed by atoms with Crippen LogP contribution < -0.4 is 0 Å². The molecule has 0 atom stereocenters. The Morgan fingerprint density at radius 2 is 2.05 bits per heavy atom. The lowest BCUT2D eigenvalue weighted by Crippen LogP contribution is -1.92. The van der Waals surface area contributed by atoms with Gasteiger partial charge in [0, 0.05) is 11.4 Å². The first-order chi connectivity index (χ1) is 9.22. The van der Waals surface area contributed by atoms with Crippen molar-refractivity contribution >= 4 is 22.9 Å². The molecule has 0 saturated carbocycles. The number of aromatic nitrogens is 4. The number of hydrogen-bond acceptors (Lipinski definition) is 4. The monoisotopic (exact) mass is 290 g/mol. The minimum absolute atomic E-state index is 0.744. The van der Waals surface area contributed by atoms with Gasteiger partial charge in [-0.1, -0.05) is 23.7 Å². The van der Waals surface area contributed by atoms with Gasteiger partial charge in [0.25, 0.3) is 0 Å². The van der Waals surface area contributed by atoms with Crippen molar-refractivity contribution in [1.82, 2.24) is 20.2 Å². The lowest BCUT2D eigenvalue weighted by Gasteiger charge is -2.01. The second kappa shape index (κ2) is 5.11. The van der Waals surface area contributed by atoms with E-state index in [0.717, 1.165) is 32.8 Å². The first-order valence-electron chi connectivity index (χ1n) is 5.79. The fraction of sp³-hybridized carbons (Fsp3) is 0.154. The van der Waals surface area contributed by atoms with Crippen LogP contribution in [-0.2, 0) is 6.42 Å². The Hall–Kier alpha value is -1.72. The van der Waals surface area contributed by atoms with E-state index in [4.69, 9.17) is 11.6 Å². The van der Waals surface area contributed by atoms with E-state index in [1.165, 1.54) is 11.9 Å². The molecule has 3 rings (SSSR count). The van der Waals surface area contributed by atoms with Crippen molar-refractivity contribution in [2.24, 2.45) is 0 Å². The molecule has 2 aromatic heterocycles. The highest BCUT2D eigenvalue weighted by atomic mass is 35.5. The van der Waals surface area contributed by atoms with Gasteiger partial charge in [0.05, 0.1) is 15.6 Å². The van der Waals surface area contributed by atoms with Gasteiger partial charge in [-0.15, -0.1) is 11.3 Å². The zero-order valence-corrected chi connectivity index (χ0v) is 11.8. The summed E-state index contributed by atoms with van der Waals surface area (Å²) in [7, 11) is 0. The topological polar surface area (TPSA) is 54.5 Å². The first-order valence-corrected chi connectivity index (χ1v) is 6.98. The maximum atomic E-state index is 5.89. The summed E-state index contributed by atoms with van der Waals surface area (Å²) in [6, 6.07) is 7.82. The summed E-state index contributed by atoms with van der Waals surface area (Å²) in [4.78, 5) is 9.83. The largest absolute Gasteiger partial charge is 0.259 e. The minimum atomic E-state index is 0.744. The third-order valence-electron chi connectivity index (χ3n) is 2.72. The van der Waals surface area contributed by atoms with Gasteiger partial charge in [0.1, 0.15) is 6.33 Å². The molecule has 0 aliphatic heterocycles. The molecule has 19 heavy (non-hydrogen) atoms. The molecule has 3 aromatic rings. The number of hydrogen-bond donors (Lipinski definition) is 1. The van der Waals surface area contributed by atoms with Gasteiger partial charge in [-0.2, -0.15) is 5.10 Å². The van der Waals surface area contributed by atoms with E-state index in [9.17, 15) is 0 Å². The van der Waals surface area contributed by atoms with Crippen LogP contribution in [0.2, 0.25) is 5.02 Å². The number of aromatic amines is 1. The van der Waals surface area contributed by atoms with Crippen LogP contribution in [0.25, 0.3) is 10.7 Å². The van der Waals surface area contributed by atoms with Gasteiger partial charge in [-0.05, 0) is 24.6 Å². The van der Waals surface area contributed by atoms with Crippen molar-refractivity contribution in [2.75, 3.05) is 0 Å².